The fourth-order valence-electron chi connectivity index (χ4n) is 1.67. The Bertz CT molecular complexity index is 607. The van der Waals surface area contributed by atoms with Gasteiger partial charge in [0.05, 0.1) is 16.8 Å². The Morgan fingerprint density at radius 3 is 2.74 bits per heavy atom. The van der Waals surface area contributed by atoms with E-state index in [9.17, 15) is 4.39 Å². The molecular formula is C13H10BrCl2FN2. The molecule has 0 amide bonds. The van der Waals surface area contributed by atoms with E-state index in [1.165, 1.54) is 12.1 Å². The lowest BCUT2D eigenvalue weighted by Gasteiger charge is -2.18. The molecule has 100 valence electrons. The van der Waals surface area contributed by atoms with Crippen LogP contribution in [-0.2, 0) is 0 Å². The third-order valence-corrected chi connectivity index (χ3v) is 3.89. The van der Waals surface area contributed by atoms with Crippen LogP contribution >= 0.6 is 39.1 Å². The maximum absolute atomic E-state index is 13.5. The first-order valence-corrected chi connectivity index (χ1v) is 7.05. The van der Waals surface area contributed by atoms with Gasteiger partial charge in [-0.3, -0.25) is 0 Å². The molecule has 0 bridgehead atoms. The molecule has 0 aliphatic rings. The summed E-state index contributed by atoms with van der Waals surface area (Å²) in [6, 6.07) is 6.24. The normalized spacial score (nSPS) is 12.3. The Hall–Kier alpha value is -0.840. The van der Waals surface area contributed by atoms with E-state index in [0.717, 1.165) is 5.69 Å². The van der Waals surface area contributed by atoms with Gasteiger partial charge in [-0.05, 0) is 52.7 Å². The van der Waals surface area contributed by atoms with Gasteiger partial charge in [0, 0.05) is 11.2 Å². The average molecular weight is 364 g/mol. The molecule has 1 aromatic carbocycles. The molecule has 0 spiro atoms. The summed E-state index contributed by atoms with van der Waals surface area (Å²) in [5.74, 6) is -0.486. The van der Waals surface area contributed by atoms with E-state index in [1.807, 2.05) is 19.1 Å². The van der Waals surface area contributed by atoms with Gasteiger partial charge in [-0.15, -0.1) is 0 Å². The summed E-state index contributed by atoms with van der Waals surface area (Å²) >= 11 is 15.1. The highest BCUT2D eigenvalue weighted by atomic mass is 79.9. The zero-order valence-electron chi connectivity index (χ0n) is 9.92. The molecule has 0 fully saturated rings. The summed E-state index contributed by atoms with van der Waals surface area (Å²) in [6.45, 7) is 1.88. The Balaban J connectivity index is 2.28. The van der Waals surface area contributed by atoms with E-state index in [0.29, 0.717) is 15.2 Å². The maximum Gasteiger partial charge on any atom is 0.142 e. The average Bonchev–Trinajstić information content (AvgIpc) is 2.36. The van der Waals surface area contributed by atoms with E-state index in [4.69, 9.17) is 23.2 Å². The summed E-state index contributed by atoms with van der Waals surface area (Å²) in [5.41, 5.74) is 1.45. The van der Waals surface area contributed by atoms with Crippen LogP contribution in [-0.4, -0.2) is 4.98 Å². The molecule has 6 heteroatoms. The maximum atomic E-state index is 13.5. The van der Waals surface area contributed by atoms with Crippen molar-refractivity contribution in [3.05, 3.63) is 56.5 Å². The largest absolute Gasteiger partial charge is 0.376 e. The molecule has 19 heavy (non-hydrogen) atoms. The van der Waals surface area contributed by atoms with Gasteiger partial charge in [0.25, 0.3) is 0 Å². The minimum absolute atomic E-state index is 0.0171. The molecule has 0 radical (unpaired) electrons. The highest BCUT2D eigenvalue weighted by Gasteiger charge is 2.14. The monoisotopic (exact) mass is 362 g/mol. The van der Waals surface area contributed by atoms with Crippen LogP contribution in [0.25, 0.3) is 0 Å². The van der Waals surface area contributed by atoms with Gasteiger partial charge in [0.2, 0.25) is 0 Å². The van der Waals surface area contributed by atoms with Crippen molar-refractivity contribution in [3.63, 3.8) is 0 Å². The summed E-state index contributed by atoms with van der Waals surface area (Å²) in [7, 11) is 0. The second-order valence-electron chi connectivity index (χ2n) is 4.00. The molecule has 1 unspecified atom stereocenters. The standard InChI is InChI=1S/C13H10BrCl2FN2/c1-7(19-12-3-2-4-18-13(12)14)8-5-11(17)10(16)6-9(8)15/h2-7,19H,1H3. The van der Waals surface area contributed by atoms with Gasteiger partial charge < -0.3 is 5.32 Å². The highest BCUT2D eigenvalue weighted by Crippen LogP contribution is 2.31. The number of anilines is 1. The van der Waals surface area contributed by atoms with Crippen molar-refractivity contribution < 1.29 is 4.39 Å². The van der Waals surface area contributed by atoms with E-state index in [-0.39, 0.29) is 11.1 Å². The van der Waals surface area contributed by atoms with Crippen LogP contribution in [0, 0.1) is 5.82 Å². The lowest BCUT2D eigenvalue weighted by atomic mass is 10.1. The molecule has 0 saturated carbocycles. The highest BCUT2D eigenvalue weighted by molar-refractivity contribution is 9.10. The Morgan fingerprint density at radius 2 is 2.05 bits per heavy atom. The summed E-state index contributed by atoms with van der Waals surface area (Å²) in [5, 5.41) is 3.65. The van der Waals surface area contributed by atoms with Gasteiger partial charge in [-0.2, -0.15) is 0 Å². The van der Waals surface area contributed by atoms with Crippen molar-refractivity contribution in [1.29, 1.82) is 0 Å². The zero-order chi connectivity index (χ0) is 14.0. The summed E-state index contributed by atoms with van der Waals surface area (Å²) in [4.78, 5) is 4.11. The number of nitrogens with zero attached hydrogens (tertiary/aromatic N) is 1. The first-order chi connectivity index (χ1) is 8.99. The number of pyridine rings is 1. The van der Waals surface area contributed by atoms with Crippen molar-refractivity contribution in [3.8, 4) is 0 Å². The summed E-state index contributed by atoms with van der Waals surface area (Å²) in [6.07, 6.45) is 1.68. The molecule has 1 heterocycles. The molecule has 2 nitrogen and oxygen atoms in total. The number of rotatable bonds is 3. The Kier molecular flexibility index (Phi) is 4.66. The van der Waals surface area contributed by atoms with Crippen molar-refractivity contribution in [2.45, 2.75) is 13.0 Å². The molecular weight excluding hydrogens is 354 g/mol. The molecule has 1 aromatic heterocycles. The zero-order valence-corrected chi connectivity index (χ0v) is 13.0. The fraction of sp³-hybridized carbons (Fsp3) is 0.154. The van der Waals surface area contributed by atoms with Gasteiger partial charge in [-0.25, -0.2) is 9.37 Å². The first-order valence-electron chi connectivity index (χ1n) is 5.50. The van der Waals surface area contributed by atoms with Crippen LogP contribution in [0.4, 0.5) is 10.1 Å². The molecule has 2 aromatic rings. The molecule has 0 saturated heterocycles. The van der Waals surface area contributed by atoms with Crippen LogP contribution in [0.3, 0.4) is 0 Å². The number of hydrogen-bond acceptors (Lipinski definition) is 2. The third kappa shape index (κ3) is 3.38. The number of halogens is 4. The van der Waals surface area contributed by atoms with Crippen LogP contribution in [0.15, 0.2) is 35.1 Å². The molecule has 0 aliphatic heterocycles. The SMILES string of the molecule is CC(Nc1cccnc1Br)c1cc(F)c(Cl)cc1Cl. The number of aromatic nitrogens is 1. The minimum atomic E-state index is -0.486. The molecule has 0 aliphatic carbocycles. The summed E-state index contributed by atoms with van der Waals surface area (Å²) < 4.78 is 14.2. The molecule has 1 atom stereocenters. The topological polar surface area (TPSA) is 24.9 Å². The van der Waals surface area contributed by atoms with E-state index >= 15 is 0 Å². The second-order valence-corrected chi connectivity index (χ2v) is 5.56. The lowest BCUT2D eigenvalue weighted by molar-refractivity contribution is 0.624. The van der Waals surface area contributed by atoms with E-state index in [1.54, 1.807) is 6.20 Å². The molecule has 2 rings (SSSR count). The third-order valence-electron chi connectivity index (χ3n) is 2.64. The predicted octanol–water partition coefficient (Wildman–Crippen LogP) is 5.46. The smallest absolute Gasteiger partial charge is 0.142 e. The van der Waals surface area contributed by atoms with Crippen molar-refractivity contribution in [2.24, 2.45) is 0 Å². The second kappa shape index (κ2) is 6.07. The van der Waals surface area contributed by atoms with Gasteiger partial charge in [0.15, 0.2) is 0 Å². The van der Waals surface area contributed by atoms with Crippen molar-refractivity contribution >= 4 is 44.8 Å². The van der Waals surface area contributed by atoms with E-state index in [2.05, 4.69) is 26.2 Å². The van der Waals surface area contributed by atoms with Crippen LogP contribution in [0.2, 0.25) is 10.0 Å². The van der Waals surface area contributed by atoms with Crippen LogP contribution < -0.4 is 5.32 Å². The lowest BCUT2D eigenvalue weighted by Crippen LogP contribution is -2.08. The first kappa shape index (κ1) is 14.6. The van der Waals surface area contributed by atoms with Crippen molar-refractivity contribution in [2.75, 3.05) is 5.32 Å². The van der Waals surface area contributed by atoms with Gasteiger partial charge in [0.1, 0.15) is 10.4 Å². The van der Waals surface area contributed by atoms with Crippen LogP contribution in [0.5, 0.6) is 0 Å². The van der Waals surface area contributed by atoms with Gasteiger partial charge >= 0.3 is 0 Å². The minimum Gasteiger partial charge on any atom is -0.376 e. The van der Waals surface area contributed by atoms with Crippen molar-refractivity contribution in [1.82, 2.24) is 4.98 Å². The number of hydrogen-bond donors (Lipinski definition) is 1. The number of benzene rings is 1. The van der Waals surface area contributed by atoms with Gasteiger partial charge in [-0.1, -0.05) is 23.2 Å². The number of nitrogens with one attached hydrogen (secondary N) is 1. The van der Waals surface area contributed by atoms with E-state index < -0.39 is 5.82 Å². The fourth-order valence-corrected chi connectivity index (χ4v) is 2.59. The Labute approximate surface area is 129 Å². The predicted molar refractivity (Wildman–Crippen MR) is 80.4 cm³/mol. The Morgan fingerprint density at radius 1 is 1.32 bits per heavy atom. The molecule has 1 N–H and O–H groups in total. The van der Waals surface area contributed by atoms with Crippen LogP contribution in [0.1, 0.15) is 18.5 Å². The quantitative estimate of drug-likeness (QED) is 0.578.